The number of thioether (sulfide) groups is 1. The third-order valence-corrected chi connectivity index (χ3v) is 5.57. The van der Waals surface area contributed by atoms with Crippen molar-refractivity contribution in [1.29, 1.82) is 0 Å². The van der Waals surface area contributed by atoms with Crippen molar-refractivity contribution in [3.63, 3.8) is 0 Å². The highest BCUT2D eigenvalue weighted by molar-refractivity contribution is 7.99. The molecule has 0 radical (unpaired) electrons. The number of hydrogen-bond donors (Lipinski definition) is 1. The van der Waals surface area contributed by atoms with Crippen LogP contribution in [0.2, 0.25) is 0 Å². The number of thiazole rings is 1. The smallest absolute Gasteiger partial charge is 0.103 e. The van der Waals surface area contributed by atoms with Gasteiger partial charge in [0.15, 0.2) is 0 Å². The average molecular weight is 299 g/mol. The minimum absolute atomic E-state index is 0.321. The first-order valence-electron chi connectivity index (χ1n) is 7.21. The third-order valence-electron chi connectivity index (χ3n) is 3.04. The molecule has 1 aliphatic rings. The Hall–Kier alpha value is -0.0600. The Morgan fingerprint density at radius 3 is 2.58 bits per heavy atom. The van der Waals surface area contributed by atoms with Gasteiger partial charge in [0, 0.05) is 33.9 Å². The second kappa shape index (κ2) is 6.15. The number of nitrogens with zero attached hydrogens (tertiary/aromatic N) is 1. The van der Waals surface area contributed by atoms with Gasteiger partial charge in [-0.05, 0) is 12.8 Å². The minimum atomic E-state index is 0.321. The van der Waals surface area contributed by atoms with Crippen molar-refractivity contribution in [2.75, 3.05) is 0 Å². The standard InChI is InChI=1S/C15H26N2S2/c1-10(2)16-8-12-14(11-6-7-11)17-13(19-12)9-18-15(3,4)5/h10-11,16H,6-9H2,1-5H3. The van der Waals surface area contributed by atoms with Crippen molar-refractivity contribution >= 4 is 23.1 Å². The van der Waals surface area contributed by atoms with Gasteiger partial charge in [0.25, 0.3) is 0 Å². The molecule has 0 atom stereocenters. The summed E-state index contributed by atoms with van der Waals surface area (Å²) >= 11 is 3.91. The Morgan fingerprint density at radius 1 is 1.37 bits per heavy atom. The molecule has 1 fully saturated rings. The van der Waals surface area contributed by atoms with Crippen molar-refractivity contribution in [2.24, 2.45) is 0 Å². The van der Waals surface area contributed by atoms with Crippen molar-refractivity contribution in [1.82, 2.24) is 10.3 Å². The molecule has 1 heterocycles. The Balaban J connectivity index is 2.02. The third kappa shape index (κ3) is 5.09. The first-order valence-corrected chi connectivity index (χ1v) is 9.01. The first-order chi connectivity index (χ1) is 8.85. The second-order valence-electron chi connectivity index (χ2n) is 6.63. The molecule has 4 heteroatoms. The van der Waals surface area contributed by atoms with E-state index in [1.165, 1.54) is 28.4 Å². The molecule has 1 aromatic heterocycles. The van der Waals surface area contributed by atoms with Crippen LogP contribution in [0.1, 0.15) is 69.0 Å². The maximum absolute atomic E-state index is 4.91. The highest BCUT2D eigenvalue weighted by Gasteiger charge is 2.29. The van der Waals surface area contributed by atoms with Crippen LogP contribution in [0.4, 0.5) is 0 Å². The summed E-state index contributed by atoms with van der Waals surface area (Å²) in [5.74, 6) is 1.81. The van der Waals surface area contributed by atoms with E-state index in [-0.39, 0.29) is 0 Å². The summed E-state index contributed by atoms with van der Waals surface area (Å²) in [6.45, 7) is 12.2. The summed E-state index contributed by atoms with van der Waals surface area (Å²) in [6.07, 6.45) is 2.68. The first kappa shape index (κ1) is 15.3. The lowest BCUT2D eigenvalue weighted by Gasteiger charge is -2.16. The molecule has 0 aliphatic heterocycles. The van der Waals surface area contributed by atoms with Crippen LogP contribution >= 0.6 is 23.1 Å². The SMILES string of the molecule is CC(C)NCc1sc(CSC(C)(C)C)nc1C1CC1. The molecule has 1 saturated carbocycles. The van der Waals surface area contributed by atoms with Gasteiger partial charge in [-0.25, -0.2) is 4.98 Å². The van der Waals surface area contributed by atoms with E-state index < -0.39 is 0 Å². The van der Waals surface area contributed by atoms with Crippen LogP contribution in [-0.2, 0) is 12.3 Å². The fraction of sp³-hybridized carbons (Fsp3) is 0.800. The maximum Gasteiger partial charge on any atom is 0.103 e. The van der Waals surface area contributed by atoms with Crippen molar-refractivity contribution in [3.05, 3.63) is 15.6 Å². The Kier molecular flexibility index (Phi) is 4.96. The highest BCUT2D eigenvalue weighted by atomic mass is 32.2. The van der Waals surface area contributed by atoms with Crippen LogP contribution in [0.3, 0.4) is 0 Å². The van der Waals surface area contributed by atoms with E-state index in [0.717, 1.165) is 18.2 Å². The molecular weight excluding hydrogens is 272 g/mol. The van der Waals surface area contributed by atoms with Gasteiger partial charge >= 0.3 is 0 Å². The maximum atomic E-state index is 4.91. The molecule has 0 aromatic carbocycles. The molecule has 0 bridgehead atoms. The molecule has 2 nitrogen and oxygen atoms in total. The van der Waals surface area contributed by atoms with Gasteiger partial charge in [-0.2, -0.15) is 0 Å². The molecule has 19 heavy (non-hydrogen) atoms. The summed E-state index contributed by atoms with van der Waals surface area (Å²) in [4.78, 5) is 6.38. The minimum Gasteiger partial charge on any atom is -0.310 e. The molecule has 2 rings (SSSR count). The van der Waals surface area contributed by atoms with Crippen LogP contribution in [0.25, 0.3) is 0 Å². The summed E-state index contributed by atoms with van der Waals surface area (Å²) in [5.41, 5.74) is 1.39. The topological polar surface area (TPSA) is 24.9 Å². The molecule has 1 N–H and O–H groups in total. The van der Waals surface area contributed by atoms with E-state index in [1.807, 2.05) is 23.1 Å². The van der Waals surface area contributed by atoms with E-state index in [2.05, 4.69) is 39.9 Å². The van der Waals surface area contributed by atoms with Crippen molar-refractivity contribution in [2.45, 2.75) is 76.5 Å². The average Bonchev–Trinajstić information content (AvgIpc) is 3.04. The van der Waals surface area contributed by atoms with E-state index in [0.29, 0.717) is 10.8 Å². The lowest BCUT2D eigenvalue weighted by molar-refractivity contribution is 0.590. The lowest BCUT2D eigenvalue weighted by Crippen LogP contribution is -2.21. The lowest BCUT2D eigenvalue weighted by atomic mass is 10.2. The van der Waals surface area contributed by atoms with E-state index in [4.69, 9.17) is 4.98 Å². The zero-order valence-corrected chi connectivity index (χ0v) is 14.4. The van der Waals surface area contributed by atoms with Gasteiger partial charge < -0.3 is 5.32 Å². The Labute approximate surface area is 125 Å². The highest BCUT2D eigenvalue weighted by Crippen LogP contribution is 2.43. The van der Waals surface area contributed by atoms with Gasteiger partial charge in [0.1, 0.15) is 5.01 Å². The van der Waals surface area contributed by atoms with Gasteiger partial charge in [-0.1, -0.05) is 34.6 Å². The van der Waals surface area contributed by atoms with Crippen LogP contribution in [0, 0.1) is 0 Å². The Morgan fingerprint density at radius 2 is 2.05 bits per heavy atom. The summed E-state index contributed by atoms with van der Waals surface area (Å²) in [7, 11) is 0. The molecule has 0 unspecified atom stereocenters. The molecule has 0 amide bonds. The largest absolute Gasteiger partial charge is 0.310 e. The van der Waals surface area contributed by atoms with Crippen LogP contribution in [0.15, 0.2) is 0 Å². The predicted octanol–water partition coefficient (Wildman–Crippen LogP) is 4.55. The van der Waals surface area contributed by atoms with E-state index in [1.54, 1.807) is 0 Å². The quantitative estimate of drug-likeness (QED) is 0.834. The molecular formula is C15H26N2S2. The normalized spacial score (nSPS) is 16.3. The number of rotatable bonds is 6. The van der Waals surface area contributed by atoms with Crippen molar-refractivity contribution in [3.8, 4) is 0 Å². The van der Waals surface area contributed by atoms with E-state index >= 15 is 0 Å². The summed E-state index contributed by atoms with van der Waals surface area (Å²) < 4.78 is 0.321. The monoisotopic (exact) mass is 298 g/mol. The van der Waals surface area contributed by atoms with Crippen LogP contribution in [0.5, 0.6) is 0 Å². The van der Waals surface area contributed by atoms with Gasteiger partial charge in [0.2, 0.25) is 0 Å². The van der Waals surface area contributed by atoms with Gasteiger partial charge in [0.05, 0.1) is 5.69 Å². The molecule has 0 saturated heterocycles. The predicted molar refractivity (Wildman–Crippen MR) is 87.1 cm³/mol. The molecule has 1 aliphatic carbocycles. The van der Waals surface area contributed by atoms with E-state index in [9.17, 15) is 0 Å². The zero-order valence-electron chi connectivity index (χ0n) is 12.7. The summed E-state index contributed by atoms with van der Waals surface area (Å²) in [6, 6.07) is 0.543. The number of hydrogen-bond acceptors (Lipinski definition) is 4. The van der Waals surface area contributed by atoms with Gasteiger partial charge in [-0.15, -0.1) is 23.1 Å². The molecule has 108 valence electrons. The van der Waals surface area contributed by atoms with Crippen molar-refractivity contribution < 1.29 is 0 Å². The van der Waals surface area contributed by atoms with Crippen LogP contribution in [-0.4, -0.2) is 15.8 Å². The molecule has 0 spiro atoms. The molecule has 1 aromatic rings. The fourth-order valence-electron chi connectivity index (χ4n) is 1.85. The van der Waals surface area contributed by atoms with Gasteiger partial charge in [-0.3, -0.25) is 0 Å². The van der Waals surface area contributed by atoms with Crippen LogP contribution < -0.4 is 5.32 Å². The Bertz CT molecular complexity index is 414. The zero-order chi connectivity index (χ0) is 14.0. The fourth-order valence-corrected chi connectivity index (χ4v) is 3.79. The number of aromatic nitrogens is 1. The summed E-state index contributed by atoms with van der Waals surface area (Å²) in [5, 5.41) is 4.84. The second-order valence-corrected chi connectivity index (χ2v) is 9.60. The number of nitrogens with one attached hydrogen (secondary N) is 1.